The van der Waals surface area contributed by atoms with Crippen LogP contribution in [0.15, 0.2) is 48.5 Å². The summed E-state index contributed by atoms with van der Waals surface area (Å²) in [5.74, 6) is -0.878. The first-order valence-electron chi connectivity index (χ1n) is 8.43. The molecule has 1 aliphatic rings. The lowest BCUT2D eigenvalue weighted by molar-refractivity contribution is -0.131. The molecule has 25 heavy (non-hydrogen) atoms. The molecule has 1 amide bonds. The third-order valence-electron chi connectivity index (χ3n) is 4.70. The molecule has 0 radical (unpaired) electrons. The van der Waals surface area contributed by atoms with Gasteiger partial charge in [0.25, 0.3) is 0 Å². The molecule has 5 nitrogen and oxygen atoms in total. The van der Waals surface area contributed by atoms with Gasteiger partial charge in [0.2, 0.25) is 5.91 Å². The average Bonchev–Trinajstić information content (AvgIpc) is 2.61. The molecule has 3 rings (SSSR count). The fraction of sp³-hybridized carbons (Fsp3) is 0.300. The Morgan fingerprint density at radius 1 is 1.04 bits per heavy atom. The minimum atomic E-state index is -0.936. The van der Waals surface area contributed by atoms with E-state index < -0.39 is 5.97 Å². The fourth-order valence-corrected chi connectivity index (χ4v) is 3.54. The molecule has 1 aliphatic heterocycles. The first-order chi connectivity index (χ1) is 12.0. The van der Waals surface area contributed by atoms with Gasteiger partial charge in [0, 0.05) is 38.2 Å². The highest BCUT2D eigenvalue weighted by Gasteiger charge is 2.29. The number of benzene rings is 2. The maximum Gasteiger partial charge on any atom is 0.337 e. The van der Waals surface area contributed by atoms with Crippen molar-refractivity contribution >= 4 is 17.6 Å². The Morgan fingerprint density at radius 2 is 1.76 bits per heavy atom. The van der Waals surface area contributed by atoms with Gasteiger partial charge in [0.15, 0.2) is 0 Å². The van der Waals surface area contributed by atoms with Crippen LogP contribution in [-0.4, -0.2) is 47.6 Å². The summed E-state index contributed by atoms with van der Waals surface area (Å²) in [4.78, 5) is 27.5. The van der Waals surface area contributed by atoms with E-state index in [0.29, 0.717) is 25.2 Å². The van der Waals surface area contributed by atoms with Crippen LogP contribution in [-0.2, 0) is 4.79 Å². The molecule has 1 unspecified atom stereocenters. The number of hydrogen-bond donors (Lipinski definition) is 1. The van der Waals surface area contributed by atoms with Crippen LogP contribution in [0.4, 0.5) is 5.69 Å². The van der Waals surface area contributed by atoms with Crippen LogP contribution >= 0.6 is 0 Å². The van der Waals surface area contributed by atoms with Gasteiger partial charge in [-0.1, -0.05) is 42.5 Å². The first-order valence-corrected chi connectivity index (χ1v) is 8.43. The molecule has 130 valence electrons. The second-order valence-electron chi connectivity index (χ2n) is 6.38. The molecular formula is C20H22N2O3. The zero-order valence-corrected chi connectivity index (χ0v) is 14.5. The number of carbonyl (C=O) groups is 2. The highest BCUT2D eigenvalue weighted by Crippen LogP contribution is 2.35. The van der Waals surface area contributed by atoms with Crippen molar-refractivity contribution in [3.05, 3.63) is 54.1 Å². The van der Waals surface area contributed by atoms with Gasteiger partial charge in [-0.25, -0.2) is 4.79 Å². The fourth-order valence-electron chi connectivity index (χ4n) is 3.54. The minimum Gasteiger partial charge on any atom is -0.478 e. The molecule has 2 aromatic rings. The van der Waals surface area contributed by atoms with Crippen molar-refractivity contribution < 1.29 is 14.7 Å². The summed E-state index contributed by atoms with van der Waals surface area (Å²) >= 11 is 0. The van der Waals surface area contributed by atoms with Crippen molar-refractivity contribution in [2.45, 2.75) is 19.9 Å². The Labute approximate surface area is 147 Å². The molecule has 0 aliphatic carbocycles. The summed E-state index contributed by atoms with van der Waals surface area (Å²) in [6, 6.07) is 15.2. The second-order valence-corrected chi connectivity index (χ2v) is 6.38. The van der Waals surface area contributed by atoms with E-state index in [2.05, 4.69) is 4.90 Å². The van der Waals surface area contributed by atoms with Crippen molar-refractivity contribution in [2.75, 3.05) is 24.5 Å². The molecule has 5 heteroatoms. The summed E-state index contributed by atoms with van der Waals surface area (Å²) in [6.07, 6.45) is 0. The topological polar surface area (TPSA) is 60.9 Å². The lowest BCUT2D eigenvalue weighted by atomic mass is 9.98. The molecule has 1 heterocycles. The number of piperazine rings is 1. The van der Waals surface area contributed by atoms with Crippen LogP contribution in [0.2, 0.25) is 0 Å². The van der Waals surface area contributed by atoms with E-state index in [1.807, 2.05) is 48.2 Å². The number of rotatable bonds is 3. The lowest BCUT2D eigenvalue weighted by Gasteiger charge is -2.41. The van der Waals surface area contributed by atoms with Gasteiger partial charge in [-0.15, -0.1) is 0 Å². The van der Waals surface area contributed by atoms with Crippen LogP contribution in [0.3, 0.4) is 0 Å². The summed E-state index contributed by atoms with van der Waals surface area (Å²) in [6.45, 7) is 5.41. The summed E-state index contributed by atoms with van der Waals surface area (Å²) in [5.41, 5.74) is 2.92. The molecule has 2 aromatic carbocycles. The molecular weight excluding hydrogens is 316 g/mol. The normalized spacial score (nSPS) is 17.4. The molecule has 1 N–H and O–H groups in total. The van der Waals surface area contributed by atoms with Crippen molar-refractivity contribution in [2.24, 2.45) is 0 Å². The Balaban J connectivity index is 2.05. The quantitative estimate of drug-likeness (QED) is 0.934. The van der Waals surface area contributed by atoms with Crippen molar-refractivity contribution in [1.82, 2.24) is 4.90 Å². The zero-order chi connectivity index (χ0) is 18.0. The van der Waals surface area contributed by atoms with Crippen LogP contribution in [0.5, 0.6) is 0 Å². The van der Waals surface area contributed by atoms with Crippen molar-refractivity contribution in [3.63, 3.8) is 0 Å². The van der Waals surface area contributed by atoms with E-state index in [9.17, 15) is 14.7 Å². The Bertz CT molecular complexity index is 789. The Morgan fingerprint density at radius 3 is 2.36 bits per heavy atom. The van der Waals surface area contributed by atoms with E-state index in [4.69, 9.17) is 0 Å². The molecule has 0 saturated carbocycles. The summed E-state index contributed by atoms with van der Waals surface area (Å²) < 4.78 is 0. The number of carboxylic acid groups (broad SMARTS) is 1. The van der Waals surface area contributed by atoms with E-state index in [0.717, 1.165) is 16.8 Å². The monoisotopic (exact) mass is 338 g/mol. The van der Waals surface area contributed by atoms with Crippen molar-refractivity contribution in [3.8, 4) is 11.1 Å². The van der Waals surface area contributed by atoms with Crippen molar-refractivity contribution in [1.29, 1.82) is 0 Å². The molecule has 0 aromatic heterocycles. The van der Waals surface area contributed by atoms with Gasteiger partial charge in [0.1, 0.15) is 0 Å². The van der Waals surface area contributed by atoms with Crippen LogP contribution < -0.4 is 4.90 Å². The van der Waals surface area contributed by atoms with E-state index >= 15 is 0 Å². The van der Waals surface area contributed by atoms with Crippen LogP contribution in [0.1, 0.15) is 24.2 Å². The maximum atomic E-state index is 11.8. The SMILES string of the molecule is CC(=O)N1CCN(c2c(C(=O)O)cccc2-c2ccccc2)CC1C. The Kier molecular flexibility index (Phi) is 4.74. The predicted molar refractivity (Wildman–Crippen MR) is 97.9 cm³/mol. The number of anilines is 1. The van der Waals surface area contributed by atoms with Crippen LogP contribution in [0, 0.1) is 0 Å². The number of para-hydroxylation sites is 1. The maximum absolute atomic E-state index is 11.8. The third kappa shape index (κ3) is 3.36. The van der Waals surface area contributed by atoms with E-state index in [-0.39, 0.29) is 11.9 Å². The molecule has 0 spiro atoms. The number of aromatic carboxylic acids is 1. The third-order valence-corrected chi connectivity index (χ3v) is 4.70. The molecule has 1 saturated heterocycles. The second kappa shape index (κ2) is 6.97. The van der Waals surface area contributed by atoms with Gasteiger partial charge >= 0.3 is 5.97 Å². The molecule has 1 atom stereocenters. The van der Waals surface area contributed by atoms with Gasteiger partial charge < -0.3 is 14.9 Å². The highest BCUT2D eigenvalue weighted by molar-refractivity contribution is 5.99. The lowest BCUT2D eigenvalue weighted by Crippen LogP contribution is -2.53. The van der Waals surface area contributed by atoms with Gasteiger partial charge in [-0.3, -0.25) is 4.79 Å². The Hall–Kier alpha value is -2.82. The summed E-state index contributed by atoms with van der Waals surface area (Å²) in [5, 5.41) is 9.68. The van der Waals surface area contributed by atoms with Gasteiger partial charge in [0.05, 0.1) is 11.3 Å². The molecule has 1 fully saturated rings. The van der Waals surface area contributed by atoms with Gasteiger partial charge in [-0.2, -0.15) is 0 Å². The number of nitrogens with zero attached hydrogens (tertiary/aromatic N) is 2. The average molecular weight is 338 g/mol. The number of carbonyl (C=O) groups excluding carboxylic acids is 1. The summed E-state index contributed by atoms with van der Waals surface area (Å²) in [7, 11) is 0. The number of amides is 1. The number of carboxylic acids is 1. The van der Waals surface area contributed by atoms with E-state index in [1.165, 1.54) is 0 Å². The first kappa shape index (κ1) is 17.0. The standard InChI is InChI=1S/C20H22N2O3/c1-14-13-21(11-12-22(14)15(2)23)19-17(16-7-4-3-5-8-16)9-6-10-18(19)20(24)25/h3-10,14H,11-13H2,1-2H3,(H,24,25). The van der Waals surface area contributed by atoms with Crippen LogP contribution in [0.25, 0.3) is 11.1 Å². The molecule has 0 bridgehead atoms. The highest BCUT2D eigenvalue weighted by atomic mass is 16.4. The minimum absolute atomic E-state index is 0.0386. The smallest absolute Gasteiger partial charge is 0.337 e. The zero-order valence-electron chi connectivity index (χ0n) is 14.5. The largest absolute Gasteiger partial charge is 0.478 e. The predicted octanol–water partition coefficient (Wildman–Crippen LogP) is 3.11. The number of hydrogen-bond acceptors (Lipinski definition) is 3. The van der Waals surface area contributed by atoms with Gasteiger partial charge in [-0.05, 0) is 18.6 Å². The van der Waals surface area contributed by atoms with E-state index in [1.54, 1.807) is 19.1 Å².